The molecule has 2 aromatic heterocycles. The van der Waals surface area contributed by atoms with Crippen LogP contribution in [0.5, 0.6) is 0 Å². The summed E-state index contributed by atoms with van der Waals surface area (Å²) in [7, 11) is -2.67. The number of sulfonamides is 1. The summed E-state index contributed by atoms with van der Waals surface area (Å²) in [5.74, 6) is -1.55. The maximum Gasteiger partial charge on any atom is 0.282 e. The number of benzene rings is 2. The van der Waals surface area contributed by atoms with Crippen molar-refractivity contribution in [1.82, 2.24) is 14.3 Å². The predicted octanol–water partition coefficient (Wildman–Crippen LogP) is 2.60. The van der Waals surface area contributed by atoms with E-state index in [0.717, 1.165) is 5.56 Å². The van der Waals surface area contributed by atoms with Gasteiger partial charge in [0.25, 0.3) is 11.5 Å². The second kappa shape index (κ2) is 9.92. The molecule has 0 aliphatic heterocycles. The highest BCUT2D eigenvalue weighted by atomic mass is 32.2. The minimum Gasteiger partial charge on any atom is -0.629 e. The quantitative estimate of drug-likeness (QED) is 0.319. The number of carbonyl (C=O) groups excluding carboxylic acids is 1. The number of nitrogens with zero attached hydrogens (tertiary/aromatic N) is 1. The maximum atomic E-state index is 14.9. The van der Waals surface area contributed by atoms with E-state index in [1.165, 1.54) is 55.9 Å². The predicted molar refractivity (Wildman–Crippen MR) is 140 cm³/mol. The number of amides is 1. The van der Waals surface area contributed by atoms with Crippen molar-refractivity contribution in [2.75, 3.05) is 7.05 Å². The molecule has 0 saturated carbocycles. The standard InChI is InChI=1S/C26H27FN4O5S/c1-15(2)37(35,36)29-26(33)24-23(19-6-5-11-28-25(19)32)20-12-16(3)7-10-22(20)31(24)14-17-13-18(30(4)34)8-9-21(17)27/h5-13,15,30H,14H2,1-4H3,(H,28,32)(H,29,33). The minimum absolute atomic E-state index is 0.117. The fourth-order valence-corrected chi connectivity index (χ4v) is 4.73. The molecule has 4 aromatic rings. The topological polar surface area (TPSA) is 129 Å². The van der Waals surface area contributed by atoms with Gasteiger partial charge in [0.2, 0.25) is 10.0 Å². The highest BCUT2D eigenvalue weighted by Crippen LogP contribution is 2.35. The number of nitrogens with one attached hydrogen (secondary N) is 3. The Morgan fingerprint density at radius 1 is 1.19 bits per heavy atom. The van der Waals surface area contributed by atoms with E-state index < -0.39 is 32.6 Å². The molecular formula is C26H27FN4O5S. The largest absolute Gasteiger partial charge is 0.629 e. The van der Waals surface area contributed by atoms with Crippen LogP contribution >= 0.6 is 0 Å². The molecule has 1 amide bonds. The van der Waals surface area contributed by atoms with Crippen LogP contribution in [-0.2, 0) is 16.6 Å². The summed E-state index contributed by atoms with van der Waals surface area (Å²) in [5, 5.41) is 11.3. The van der Waals surface area contributed by atoms with Crippen molar-refractivity contribution in [2.24, 2.45) is 0 Å². The monoisotopic (exact) mass is 526 g/mol. The molecule has 0 bridgehead atoms. The van der Waals surface area contributed by atoms with Crippen LogP contribution in [0.1, 0.15) is 35.5 Å². The lowest BCUT2D eigenvalue weighted by Crippen LogP contribution is -2.98. The van der Waals surface area contributed by atoms with Crippen LogP contribution in [0.4, 0.5) is 10.1 Å². The van der Waals surface area contributed by atoms with Crippen molar-refractivity contribution in [3.63, 3.8) is 0 Å². The van der Waals surface area contributed by atoms with Gasteiger partial charge in [0.15, 0.2) is 0 Å². The third-order valence-corrected chi connectivity index (χ3v) is 7.87. The van der Waals surface area contributed by atoms with Crippen molar-refractivity contribution in [3.8, 4) is 11.1 Å². The summed E-state index contributed by atoms with van der Waals surface area (Å²) in [5.41, 5.74) is 1.52. The van der Waals surface area contributed by atoms with Gasteiger partial charge in [-0.15, -0.1) is 0 Å². The first-order valence-corrected chi connectivity index (χ1v) is 13.1. The average molecular weight is 527 g/mol. The number of pyridine rings is 1. The Morgan fingerprint density at radius 2 is 1.92 bits per heavy atom. The van der Waals surface area contributed by atoms with Crippen molar-refractivity contribution in [2.45, 2.75) is 32.6 Å². The molecule has 0 spiro atoms. The van der Waals surface area contributed by atoms with Gasteiger partial charge in [0, 0.05) is 45.9 Å². The van der Waals surface area contributed by atoms with Gasteiger partial charge in [-0.3, -0.25) is 9.59 Å². The molecule has 37 heavy (non-hydrogen) atoms. The number of halogens is 1. The van der Waals surface area contributed by atoms with E-state index in [0.29, 0.717) is 10.9 Å². The van der Waals surface area contributed by atoms with Gasteiger partial charge in [-0.1, -0.05) is 11.6 Å². The van der Waals surface area contributed by atoms with Crippen molar-refractivity contribution in [3.05, 3.63) is 92.9 Å². The van der Waals surface area contributed by atoms with Gasteiger partial charge >= 0.3 is 0 Å². The number of aryl methyl sites for hydroxylation is 1. The molecule has 1 unspecified atom stereocenters. The molecule has 0 aliphatic rings. The van der Waals surface area contributed by atoms with E-state index in [2.05, 4.69) is 9.71 Å². The molecule has 0 radical (unpaired) electrons. The number of aromatic nitrogens is 2. The van der Waals surface area contributed by atoms with Crippen molar-refractivity contribution in [1.29, 1.82) is 0 Å². The first kappa shape index (κ1) is 26.3. The molecule has 2 aromatic carbocycles. The van der Waals surface area contributed by atoms with E-state index in [1.54, 1.807) is 24.3 Å². The van der Waals surface area contributed by atoms with Crippen molar-refractivity contribution >= 4 is 32.5 Å². The van der Waals surface area contributed by atoms with E-state index in [4.69, 9.17) is 0 Å². The number of carbonyl (C=O) groups is 1. The number of hydrogen-bond donors (Lipinski definition) is 3. The Labute approximate surface area is 213 Å². The Bertz CT molecular complexity index is 1670. The molecule has 2 heterocycles. The molecule has 1 atom stereocenters. The van der Waals surface area contributed by atoms with Crippen LogP contribution in [0, 0.1) is 17.9 Å². The lowest BCUT2D eigenvalue weighted by molar-refractivity contribution is -0.751. The number of hydroxylamine groups is 1. The number of rotatable bonds is 7. The number of quaternary nitrogens is 1. The fourth-order valence-electron chi connectivity index (χ4n) is 4.14. The third kappa shape index (κ3) is 5.06. The summed E-state index contributed by atoms with van der Waals surface area (Å²) in [4.78, 5) is 29.1. The Kier molecular flexibility index (Phi) is 7.05. The second-order valence-electron chi connectivity index (χ2n) is 9.13. The van der Waals surface area contributed by atoms with Gasteiger partial charge < -0.3 is 19.8 Å². The average Bonchev–Trinajstić information content (AvgIpc) is 3.13. The molecule has 0 saturated heterocycles. The zero-order chi connectivity index (χ0) is 27.1. The summed E-state index contributed by atoms with van der Waals surface area (Å²) >= 11 is 0. The second-order valence-corrected chi connectivity index (χ2v) is 11.4. The van der Waals surface area contributed by atoms with E-state index in [-0.39, 0.29) is 39.7 Å². The number of hydrogen-bond acceptors (Lipinski definition) is 5. The molecule has 3 N–H and O–H groups in total. The van der Waals surface area contributed by atoms with Crippen LogP contribution in [0.15, 0.2) is 59.5 Å². The van der Waals surface area contributed by atoms with Crippen LogP contribution < -0.4 is 15.3 Å². The van der Waals surface area contributed by atoms with Gasteiger partial charge in [-0.2, -0.15) is 0 Å². The molecule has 0 aliphatic carbocycles. The minimum atomic E-state index is -4.03. The Hall–Kier alpha value is -3.80. The van der Waals surface area contributed by atoms with Crippen LogP contribution in [-0.4, -0.2) is 36.2 Å². The van der Waals surface area contributed by atoms with Crippen LogP contribution in [0.3, 0.4) is 0 Å². The lowest BCUT2D eigenvalue weighted by atomic mass is 10.0. The maximum absolute atomic E-state index is 14.9. The van der Waals surface area contributed by atoms with E-state index in [9.17, 15) is 27.6 Å². The molecule has 4 rings (SSSR count). The summed E-state index contributed by atoms with van der Waals surface area (Å²) < 4.78 is 43.8. The normalized spacial score (nSPS) is 12.7. The first-order valence-electron chi connectivity index (χ1n) is 11.6. The molecule has 9 nitrogen and oxygen atoms in total. The summed E-state index contributed by atoms with van der Waals surface area (Å²) in [6.07, 6.45) is 1.45. The van der Waals surface area contributed by atoms with Gasteiger partial charge in [0.05, 0.1) is 18.8 Å². The molecule has 0 fully saturated rings. The van der Waals surface area contributed by atoms with Crippen molar-refractivity contribution < 1.29 is 22.7 Å². The highest BCUT2D eigenvalue weighted by Gasteiger charge is 2.29. The van der Waals surface area contributed by atoms with E-state index >= 15 is 0 Å². The smallest absolute Gasteiger partial charge is 0.282 e. The molecule has 194 valence electrons. The summed E-state index contributed by atoms with van der Waals surface area (Å²) in [6.45, 7) is 4.51. The third-order valence-electron chi connectivity index (χ3n) is 6.16. The van der Waals surface area contributed by atoms with Gasteiger partial charge in [-0.25, -0.2) is 17.5 Å². The lowest BCUT2D eigenvalue weighted by Gasteiger charge is -2.18. The molecular weight excluding hydrogens is 499 g/mol. The van der Waals surface area contributed by atoms with Crippen LogP contribution in [0.2, 0.25) is 0 Å². The number of H-pyrrole nitrogens is 1. The zero-order valence-electron chi connectivity index (χ0n) is 20.8. The van der Waals surface area contributed by atoms with Crippen LogP contribution in [0.25, 0.3) is 22.0 Å². The first-order chi connectivity index (χ1) is 17.4. The highest BCUT2D eigenvalue weighted by molar-refractivity contribution is 7.90. The fraction of sp³-hybridized carbons (Fsp3) is 0.231. The SMILES string of the molecule is Cc1ccc2c(c1)c(-c1ccc[nH]c1=O)c(C(=O)NS(=O)(=O)C(C)C)n2Cc1cc([NH+](C)[O-])ccc1F. The van der Waals surface area contributed by atoms with Gasteiger partial charge in [-0.05, 0) is 51.1 Å². The summed E-state index contributed by atoms with van der Waals surface area (Å²) in [6, 6.07) is 12.4. The zero-order valence-corrected chi connectivity index (χ0v) is 21.6. The Balaban J connectivity index is 2.07. The van der Waals surface area contributed by atoms with E-state index in [1.807, 2.05) is 6.92 Å². The Morgan fingerprint density at radius 3 is 2.57 bits per heavy atom. The number of fused-ring (bicyclic) bond motifs is 1. The van der Waals surface area contributed by atoms with Gasteiger partial charge in [0.1, 0.15) is 17.2 Å². The molecule has 11 heteroatoms. The number of aromatic amines is 1.